The molecule has 0 amide bonds. The van der Waals surface area contributed by atoms with E-state index in [2.05, 4.69) is 17.0 Å². The van der Waals surface area contributed by atoms with Crippen molar-refractivity contribution in [3.63, 3.8) is 0 Å². The smallest absolute Gasteiger partial charge is 0.151 e. The predicted octanol–water partition coefficient (Wildman–Crippen LogP) is 3.14. The highest BCUT2D eigenvalue weighted by atomic mass is 19.1. The van der Waals surface area contributed by atoms with E-state index in [0.29, 0.717) is 0 Å². The number of halogens is 1. The molecule has 4 heteroatoms. The summed E-state index contributed by atoms with van der Waals surface area (Å²) in [5.41, 5.74) is 0.834. The molecule has 0 bridgehead atoms. The van der Waals surface area contributed by atoms with Gasteiger partial charge < -0.3 is 0 Å². The average Bonchev–Trinajstić information content (AvgIpc) is 2.79. The van der Waals surface area contributed by atoms with Crippen LogP contribution in [-0.4, -0.2) is 14.8 Å². The van der Waals surface area contributed by atoms with Crippen molar-refractivity contribution in [2.24, 2.45) is 0 Å². The molecule has 0 radical (unpaired) electrons. The number of aryl methyl sites for hydroxylation is 1. The van der Waals surface area contributed by atoms with E-state index in [-0.39, 0.29) is 5.82 Å². The summed E-state index contributed by atoms with van der Waals surface area (Å²) >= 11 is 0. The first-order valence-electron chi connectivity index (χ1n) is 5.96. The number of unbranched alkanes of at least 4 members (excludes halogenated alkanes) is 2. The molecule has 17 heavy (non-hydrogen) atoms. The van der Waals surface area contributed by atoms with Crippen LogP contribution in [0.1, 0.15) is 32.0 Å². The van der Waals surface area contributed by atoms with Gasteiger partial charge in [-0.2, -0.15) is 5.10 Å². The normalized spacial score (nSPS) is 10.7. The summed E-state index contributed by atoms with van der Waals surface area (Å²) in [6, 6.07) is 6.24. The van der Waals surface area contributed by atoms with Crippen LogP contribution >= 0.6 is 0 Å². The van der Waals surface area contributed by atoms with E-state index in [4.69, 9.17) is 0 Å². The van der Waals surface area contributed by atoms with Crippen molar-refractivity contribution < 1.29 is 4.39 Å². The molecule has 0 unspecified atom stereocenters. The van der Waals surface area contributed by atoms with E-state index in [1.54, 1.807) is 23.1 Å². The Hall–Kier alpha value is -1.71. The summed E-state index contributed by atoms with van der Waals surface area (Å²) in [4.78, 5) is 4.24. The Labute approximate surface area is 100 Å². The molecule has 0 saturated carbocycles. The summed E-state index contributed by atoms with van der Waals surface area (Å²) in [5, 5.41) is 4.37. The highest BCUT2D eigenvalue weighted by Crippen LogP contribution is 2.08. The van der Waals surface area contributed by atoms with Crippen molar-refractivity contribution >= 4 is 0 Å². The lowest BCUT2D eigenvalue weighted by Gasteiger charge is -1.99. The van der Waals surface area contributed by atoms with E-state index in [1.807, 2.05) is 0 Å². The van der Waals surface area contributed by atoms with Crippen molar-refractivity contribution in [1.82, 2.24) is 14.8 Å². The highest BCUT2D eigenvalue weighted by molar-refractivity contribution is 5.30. The van der Waals surface area contributed by atoms with Crippen molar-refractivity contribution in [3.8, 4) is 5.69 Å². The van der Waals surface area contributed by atoms with Gasteiger partial charge in [0.05, 0.1) is 5.69 Å². The van der Waals surface area contributed by atoms with E-state index < -0.39 is 0 Å². The van der Waals surface area contributed by atoms with Crippen LogP contribution in [-0.2, 0) is 6.42 Å². The number of aromatic nitrogens is 3. The number of hydrogen-bond acceptors (Lipinski definition) is 2. The molecule has 0 aliphatic rings. The maximum atomic E-state index is 12.8. The molecule has 0 N–H and O–H groups in total. The number of benzene rings is 1. The van der Waals surface area contributed by atoms with Crippen LogP contribution < -0.4 is 0 Å². The number of hydrogen-bond donors (Lipinski definition) is 0. The van der Waals surface area contributed by atoms with Crippen molar-refractivity contribution in [3.05, 3.63) is 42.2 Å². The summed E-state index contributed by atoms with van der Waals surface area (Å²) in [7, 11) is 0. The molecule has 3 nitrogen and oxygen atoms in total. The van der Waals surface area contributed by atoms with Gasteiger partial charge in [0, 0.05) is 6.42 Å². The van der Waals surface area contributed by atoms with Gasteiger partial charge in [0.15, 0.2) is 5.82 Å². The van der Waals surface area contributed by atoms with Crippen LogP contribution in [0.25, 0.3) is 5.69 Å². The van der Waals surface area contributed by atoms with E-state index in [0.717, 1.165) is 24.4 Å². The molecular formula is C13H16FN3. The molecule has 1 heterocycles. The van der Waals surface area contributed by atoms with Crippen LogP contribution in [0.4, 0.5) is 4.39 Å². The summed E-state index contributed by atoms with van der Waals surface area (Å²) in [5.74, 6) is 0.611. The largest absolute Gasteiger partial charge is 0.221 e. The van der Waals surface area contributed by atoms with Crippen molar-refractivity contribution in [2.45, 2.75) is 32.6 Å². The number of rotatable bonds is 5. The van der Waals surface area contributed by atoms with E-state index in [9.17, 15) is 4.39 Å². The van der Waals surface area contributed by atoms with Crippen molar-refractivity contribution in [2.75, 3.05) is 0 Å². The first-order valence-corrected chi connectivity index (χ1v) is 5.96. The Balaban J connectivity index is 2.04. The third-order valence-electron chi connectivity index (χ3n) is 2.63. The maximum absolute atomic E-state index is 12.8. The van der Waals surface area contributed by atoms with Gasteiger partial charge in [-0.25, -0.2) is 14.1 Å². The minimum atomic E-state index is -0.239. The van der Waals surface area contributed by atoms with Gasteiger partial charge in [0.1, 0.15) is 12.1 Å². The fraction of sp³-hybridized carbons (Fsp3) is 0.385. The molecule has 0 aliphatic carbocycles. The Morgan fingerprint density at radius 1 is 1.18 bits per heavy atom. The second kappa shape index (κ2) is 5.57. The fourth-order valence-corrected chi connectivity index (χ4v) is 1.66. The SMILES string of the molecule is CCCCCc1ncn(-c2ccc(F)cc2)n1. The second-order valence-corrected chi connectivity index (χ2v) is 4.04. The first kappa shape index (κ1) is 11.8. The Bertz CT molecular complexity index is 462. The maximum Gasteiger partial charge on any atom is 0.151 e. The van der Waals surface area contributed by atoms with Gasteiger partial charge in [-0.3, -0.25) is 0 Å². The molecule has 2 rings (SSSR count). The van der Waals surface area contributed by atoms with Crippen LogP contribution in [0.5, 0.6) is 0 Å². The molecule has 0 atom stereocenters. The van der Waals surface area contributed by atoms with Gasteiger partial charge in [0.2, 0.25) is 0 Å². The molecule has 1 aromatic carbocycles. The van der Waals surface area contributed by atoms with Gasteiger partial charge in [0.25, 0.3) is 0 Å². The van der Waals surface area contributed by atoms with Crippen LogP contribution in [0.15, 0.2) is 30.6 Å². The third-order valence-corrected chi connectivity index (χ3v) is 2.63. The Morgan fingerprint density at radius 3 is 2.65 bits per heavy atom. The first-order chi connectivity index (χ1) is 8.29. The van der Waals surface area contributed by atoms with Crippen molar-refractivity contribution in [1.29, 1.82) is 0 Å². The average molecular weight is 233 g/mol. The lowest BCUT2D eigenvalue weighted by molar-refractivity contribution is 0.627. The lowest BCUT2D eigenvalue weighted by atomic mass is 10.2. The topological polar surface area (TPSA) is 30.7 Å². The Morgan fingerprint density at radius 2 is 1.94 bits per heavy atom. The molecule has 0 aliphatic heterocycles. The van der Waals surface area contributed by atoms with Crippen LogP contribution in [0.2, 0.25) is 0 Å². The fourth-order valence-electron chi connectivity index (χ4n) is 1.66. The lowest BCUT2D eigenvalue weighted by Crippen LogP contribution is -1.96. The molecule has 0 saturated heterocycles. The zero-order chi connectivity index (χ0) is 12.1. The monoisotopic (exact) mass is 233 g/mol. The molecule has 90 valence electrons. The van der Waals surface area contributed by atoms with E-state index >= 15 is 0 Å². The van der Waals surface area contributed by atoms with Gasteiger partial charge >= 0.3 is 0 Å². The quantitative estimate of drug-likeness (QED) is 0.743. The Kier molecular flexibility index (Phi) is 3.85. The zero-order valence-electron chi connectivity index (χ0n) is 9.93. The standard InChI is InChI=1S/C13H16FN3/c1-2-3-4-5-13-15-10-17(16-13)12-8-6-11(14)7-9-12/h6-10H,2-5H2,1H3. The van der Waals surface area contributed by atoms with Gasteiger partial charge in [-0.1, -0.05) is 19.8 Å². The minimum Gasteiger partial charge on any atom is -0.221 e. The molecule has 0 fully saturated rings. The van der Waals surface area contributed by atoms with E-state index in [1.165, 1.54) is 25.0 Å². The number of nitrogens with zero attached hydrogens (tertiary/aromatic N) is 3. The molecule has 2 aromatic rings. The highest BCUT2D eigenvalue weighted by Gasteiger charge is 2.02. The van der Waals surface area contributed by atoms with Gasteiger partial charge in [-0.05, 0) is 30.7 Å². The molecular weight excluding hydrogens is 217 g/mol. The summed E-state index contributed by atoms with van der Waals surface area (Å²) in [6.45, 7) is 2.17. The molecule has 0 spiro atoms. The molecule has 1 aromatic heterocycles. The minimum absolute atomic E-state index is 0.239. The second-order valence-electron chi connectivity index (χ2n) is 4.04. The predicted molar refractivity (Wildman–Crippen MR) is 64.5 cm³/mol. The zero-order valence-corrected chi connectivity index (χ0v) is 9.93. The summed E-state index contributed by atoms with van der Waals surface area (Å²) in [6.07, 6.45) is 6.09. The third kappa shape index (κ3) is 3.12. The van der Waals surface area contributed by atoms with Gasteiger partial charge in [-0.15, -0.1) is 0 Å². The summed E-state index contributed by atoms with van der Waals surface area (Å²) < 4.78 is 14.4. The van der Waals surface area contributed by atoms with Crippen LogP contribution in [0.3, 0.4) is 0 Å². The van der Waals surface area contributed by atoms with Crippen LogP contribution in [0, 0.1) is 5.82 Å².